The van der Waals surface area contributed by atoms with E-state index in [2.05, 4.69) is 11.2 Å². The van der Waals surface area contributed by atoms with E-state index in [0.717, 1.165) is 17.8 Å². The Balaban J connectivity index is 2.91. The van der Waals surface area contributed by atoms with Crippen molar-refractivity contribution >= 4 is 21.4 Å². The van der Waals surface area contributed by atoms with Gasteiger partial charge in [-0.25, -0.2) is 8.42 Å². The molecule has 0 saturated carbocycles. The molecule has 1 heterocycles. The molecule has 0 aliphatic carbocycles. The fourth-order valence-electron chi connectivity index (χ4n) is 1.48. The first-order valence-electron chi connectivity index (χ1n) is 5.73. The monoisotopic (exact) mass is 286 g/mol. The number of rotatable bonds is 7. The van der Waals surface area contributed by atoms with Crippen molar-refractivity contribution in [2.24, 2.45) is 0 Å². The predicted octanol–water partition coefficient (Wildman–Crippen LogP) is 1.15. The summed E-state index contributed by atoms with van der Waals surface area (Å²) in [6, 6.07) is 3.52. The summed E-state index contributed by atoms with van der Waals surface area (Å²) in [6.45, 7) is 3.12. The van der Waals surface area contributed by atoms with Crippen molar-refractivity contribution in [1.29, 1.82) is 0 Å². The van der Waals surface area contributed by atoms with E-state index in [1.54, 1.807) is 13.0 Å². The Morgan fingerprint density at radius 2 is 2.22 bits per heavy atom. The summed E-state index contributed by atoms with van der Waals surface area (Å²) >= 11 is 1.31. The molecule has 18 heavy (non-hydrogen) atoms. The number of nitrogens with zero attached hydrogens (tertiary/aromatic N) is 1. The van der Waals surface area contributed by atoms with Crippen LogP contribution in [-0.4, -0.2) is 39.4 Å². The number of sulfonamides is 1. The Hall–Kier alpha value is -0.870. The molecule has 6 heteroatoms. The van der Waals surface area contributed by atoms with E-state index in [4.69, 9.17) is 6.42 Å². The number of nitrogens with one attached hydrogen (secondary N) is 1. The van der Waals surface area contributed by atoms with Crippen LogP contribution in [0.15, 0.2) is 16.3 Å². The summed E-state index contributed by atoms with van der Waals surface area (Å²) in [7, 11) is -1.56. The van der Waals surface area contributed by atoms with Gasteiger partial charge in [-0.1, -0.05) is 12.8 Å². The Morgan fingerprint density at radius 1 is 1.50 bits per heavy atom. The van der Waals surface area contributed by atoms with E-state index < -0.39 is 10.0 Å². The molecule has 0 saturated heterocycles. The van der Waals surface area contributed by atoms with Crippen LogP contribution in [0.25, 0.3) is 0 Å². The van der Waals surface area contributed by atoms with E-state index in [9.17, 15) is 8.42 Å². The third kappa shape index (κ3) is 3.56. The molecule has 100 valence electrons. The van der Waals surface area contributed by atoms with Crippen LogP contribution in [0.4, 0.5) is 0 Å². The lowest BCUT2D eigenvalue weighted by Gasteiger charge is -2.16. The maximum Gasteiger partial charge on any atom is 0.253 e. The summed E-state index contributed by atoms with van der Waals surface area (Å²) in [5.74, 6) is 2.38. The van der Waals surface area contributed by atoms with Crippen LogP contribution in [0.2, 0.25) is 0 Å². The summed E-state index contributed by atoms with van der Waals surface area (Å²) < 4.78 is 26.2. The SMILES string of the molecule is C#CCN(CC)S(=O)(=O)c1ccc(CCNC)s1. The fraction of sp³-hybridized carbons (Fsp3) is 0.500. The van der Waals surface area contributed by atoms with Gasteiger partial charge in [-0.15, -0.1) is 17.8 Å². The summed E-state index contributed by atoms with van der Waals surface area (Å²) in [6.07, 6.45) is 6.02. The average molecular weight is 286 g/mol. The maximum atomic E-state index is 12.3. The van der Waals surface area contributed by atoms with Gasteiger partial charge in [-0.2, -0.15) is 4.31 Å². The molecule has 0 aromatic carbocycles. The van der Waals surface area contributed by atoms with Crippen molar-refractivity contribution in [2.45, 2.75) is 17.6 Å². The second-order valence-electron chi connectivity index (χ2n) is 3.71. The van der Waals surface area contributed by atoms with Crippen molar-refractivity contribution < 1.29 is 8.42 Å². The van der Waals surface area contributed by atoms with Gasteiger partial charge in [0.05, 0.1) is 6.54 Å². The normalized spacial score (nSPS) is 11.7. The molecule has 0 unspecified atom stereocenters. The number of likely N-dealkylation sites (N-methyl/N-ethyl adjacent to an activating group) is 1. The van der Waals surface area contributed by atoms with Gasteiger partial charge in [-0.3, -0.25) is 0 Å². The Bertz CT molecular complexity index is 514. The Morgan fingerprint density at radius 3 is 2.78 bits per heavy atom. The largest absolute Gasteiger partial charge is 0.319 e. The molecule has 0 aliphatic heterocycles. The second-order valence-corrected chi connectivity index (χ2v) is 7.04. The second kappa shape index (κ2) is 6.90. The molecule has 0 radical (unpaired) electrons. The number of hydrogen-bond acceptors (Lipinski definition) is 4. The van der Waals surface area contributed by atoms with Crippen LogP contribution in [-0.2, 0) is 16.4 Å². The van der Waals surface area contributed by atoms with Gasteiger partial charge in [0.1, 0.15) is 4.21 Å². The van der Waals surface area contributed by atoms with Gasteiger partial charge in [0.2, 0.25) is 0 Å². The molecular weight excluding hydrogens is 268 g/mol. The third-order valence-electron chi connectivity index (χ3n) is 2.47. The zero-order valence-corrected chi connectivity index (χ0v) is 12.3. The van der Waals surface area contributed by atoms with Crippen molar-refractivity contribution in [3.63, 3.8) is 0 Å². The highest BCUT2D eigenvalue weighted by Crippen LogP contribution is 2.24. The van der Waals surface area contributed by atoms with Gasteiger partial charge in [-0.05, 0) is 32.1 Å². The van der Waals surface area contributed by atoms with Gasteiger partial charge >= 0.3 is 0 Å². The molecule has 4 nitrogen and oxygen atoms in total. The van der Waals surface area contributed by atoms with Crippen LogP contribution < -0.4 is 5.32 Å². The highest BCUT2D eigenvalue weighted by atomic mass is 32.2. The molecule has 0 spiro atoms. The fourth-order valence-corrected chi connectivity index (χ4v) is 4.35. The molecule has 1 rings (SSSR count). The minimum atomic E-state index is -3.43. The first-order valence-corrected chi connectivity index (χ1v) is 7.98. The van der Waals surface area contributed by atoms with Crippen LogP contribution in [0.1, 0.15) is 11.8 Å². The Kier molecular flexibility index (Phi) is 5.82. The van der Waals surface area contributed by atoms with E-state index in [0.29, 0.717) is 10.8 Å². The molecule has 0 atom stereocenters. The molecule has 1 aromatic rings. The lowest BCUT2D eigenvalue weighted by Crippen LogP contribution is -2.30. The zero-order chi connectivity index (χ0) is 13.6. The van der Waals surface area contributed by atoms with Crippen LogP contribution in [0.3, 0.4) is 0 Å². The van der Waals surface area contributed by atoms with Crippen LogP contribution in [0, 0.1) is 12.3 Å². The number of thiophene rings is 1. The van der Waals surface area contributed by atoms with Gasteiger partial charge < -0.3 is 5.32 Å². The molecular formula is C12H18N2O2S2. The van der Waals surface area contributed by atoms with Crippen molar-refractivity contribution in [1.82, 2.24) is 9.62 Å². The number of terminal acetylenes is 1. The van der Waals surface area contributed by atoms with E-state index in [-0.39, 0.29) is 6.54 Å². The van der Waals surface area contributed by atoms with Gasteiger partial charge in [0, 0.05) is 11.4 Å². The minimum Gasteiger partial charge on any atom is -0.319 e. The first kappa shape index (κ1) is 15.2. The highest BCUT2D eigenvalue weighted by Gasteiger charge is 2.23. The molecule has 0 amide bonds. The highest BCUT2D eigenvalue weighted by molar-refractivity contribution is 7.91. The predicted molar refractivity (Wildman–Crippen MR) is 75.2 cm³/mol. The molecule has 0 aliphatic rings. The maximum absolute atomic E-state index is 12.3. The van der Waals surface area contributed by atoms with E-state index >= 15 is 0 Å². The standard InChI is InChI=1S/C12H18N2O2S2/c1-4-10-14(5-2)18(15,16)12-7-6-11(17-12)8-9-13-3/h1,6-7,13H,5,8-10H2,2-3H3. The van der Waals surface area contributed by atoms with Crippen molar-refractivity contribution in [3.05, 3.63) is 17.0 Å². The summed E-state index contributed by atoms with van der Waals surface area (Å²) in [5, 5.41) is 3.04. The minimum absolute atomic E-state index is 0.114. The first-order chi connectivity index (χ1) is 8.56. The zero-order valence-electron chi connectivity index (χ0n) is 10.6. The molecule has 1 N–H and O–H groups in total. The average Bonchev–Trinajstić information content (AvgIpc) is 2.82. The smallest absolute Gasteiger partial charge is 0.253 e. The topological polar surface area (TPSA) is 49.4 Å². The van der Waals surface area contributed by atoms with E-state index in [1.165, 1.54) is 15.6 Å². The van der Waals surface area contributed by atoms with E-state index in [1.807, 2.05) is 13.1 Å². The third-order valence-corrected chi connectivity index (χ3v) is 6.01. The Labute approximate surface area is 113 Å². The molecule has 0 bridgehead atoms. The summed E-state index contributed by atoms with van der Waals surface area (Å²) in [5.41, 5.74) is 0. The van der Waals surface area contributed by atoms with Crippen molar-refractivity contribution in [3.8, 4) is 12.3 Å². The quantitative estimate of drug-likeness (QED) is 0.765. The number of hydrogen-bond donors (Lipinski definition) is 1. The van der Waals surface area contributed by atoms with Crippen LogP contribution in [0.5, 0.6) is 0 Å². The van der Waals surface area contributed by atoms with Crippen LogP contribution >= 0.6 is 11.3 Å². The van der Waals surface area contributed by atoms with Gasteiger partial charge in [0.25, 0.3) is 10.0 Å². The molecule has 1 aromatic heterocycles. The van der Waals surface area contributed by atoms with Crippen molar-refractivity contribution in [2.75, 3.05) is 26.7 Å². The lowest BCUT2D eigenvalue weighted by molar-refractivity contribution is 0.466. The van der Waals surface area contributed by atoms with Gasteiger partial charge in [0.15, 0.2) is 0 Å². The molecule has 0 fully saturated rings. The lowest BCUT2D eigenvalue weighted by atomic mass is 10.3. The summed E-state index contributed by atoms with van der Waals surface area (Å²) in [4.78, 5) is 1.06.